The van der Waals surface area contributed by atoms with Crippen LogP contribution in [0.1, 0.15) is 36.2 Å². The minimum absolute atomic E-state index is 0.253. The number of urea groups is 1. The number of nitrogens with zero attached hydrogens (tertiary/aromatic N) is 1. The molecule has 2 N–H and O–H groups in total. The Morgan fingerprint density at radius 1 is 1.24 bits per heavy atom. The lowest BCUT2D eigenvalue weighted by molar-refractivity contribution is -0.150. The van der Waals surface area contributed by atoms with Gasteiger partial charge >= 0.3 is 18.0 Å². The Hall–Kier alpha value is -3.43. The van der Waals surface area contributed by atoms with Crippen LogP contribution in [0.2, 0.25) is 0 Å². The lowest BCUT2D eigenvalue weighted by Crippen LogP contribution is -2.43. The van der Waals surface area contributed by atoms with E-state index in [9.17, 15) is 24.0 Å². The smallest absolute Gasteiger partial charge is 0.337 e. The standard InChI is InChI=1S/C19H23N3O7/c1-5-19(3)17(26)22(18(27)21-19)9-15(24)29-10-14(23)20-13-8-12(16(25)28-4)7-6-11(13)2/h6-8H,5,9-10H2,1-4H3,(H,20,23)(H,21,27)/t19-/m0/s1. The maximum Gasteiger partial charge on any atom is 0.337 e. The molecule has 1 atom stereocenters. The number of aryl methyl sites for hydroxylation is 1. The monoisotopic (exact) mass is 405 g/mol. The largest absolute Gasteiger partial charge is 0.465 e. The van der Waals surface area contributed by atoms with Gasteiger partial charge in [-0.1, -0.05) is 13.0 Å². The second kappa shape index (κ2) is 8.72. The predicted octanol–water partition coefficient (Wildman–Crippen LogP) is 0.984. The van der Waals surface area contributed by atoms with Gasteiger partial charge in [-0.3, -0.25) is 19.3 Å². The van der Waals surface area contributed by atoms with Gasteiger partial charge in [0, 0.05) is 5.69 Å². The first kappa shape index (κ1) is 21.9. The topological polar surface area (TPSA) is 131 Å². The molecule has 29 heavy (non-hydrogen) atoms. The molecule has 0 saturated carbocycles. The van der Waals surface area contributed by atoms with Crippen molar-refractivity contribution >= 4 is 35.5 Å². The van der Waals surface area contributed by atoms with Crippen molar-refractivity contribution in [1.82, 2.24) is 10.2 Å². The highest BCUT2D eigenvalue weighted by atomic mass is 16.5. The molecule has 156 valence electrons. The number of hydrogen-bond donors (Lipinski definition) is 2. The van der Waals surface area contributed by atoms with Crippen LogP contribution in [0.3, 0.4) is 0 Å². The van der Waals surface area contributed by atoms with E-state index in [0.29, 0.717) is 17.7 Å². The van der Waals surface area contributed by atoms with Crippen molar-refractivity contribution in [2.24, 2.45) is 0 Å². The second-order valence-electron chi connectivity index (χ2n) is 6.74. The summed E-state index contributed by atoms with van der Waals surface area (Å²) in [6, 6.07) is 3.95. The van der Waals surface area contributed by atoms with Crippen LogP contribution in [0.15, 0.2) is 18.2 Å². The molecule has 1 aliphatic heterocycles. The van der Waals surface area contributed by atoms with Crippen molar-refractivity contribution in [1.29, 1.82) is 0 Å². The Morgan fingerprint density at radius 3 is 2.52 bits per heavy atom. The quantitative estimate of drug-likeness (QED) is 0.511. The highest BCUT2D eigenvalue weighted by molar-refractivity contribution is 6.08. The summed E-state index contributed by atoms with van der Waals surface area (Å²) in [7, 11) is 1.24. The molecule has 1 aromatic carbocycles. The van der Waals surface area contributed by atoms with Gasteiger partial charge in [0.15, 0.2) is 6.61 Å². The van der Waals surface area contributed by atoms with Gasteiger partial charge in [0.05, 0.1) is 12.7 Å². The van der Waals surface area contributed by atoms with E-state index in [4.69, 9.17) is 4.74 Å². The van der Waals surface area contributed by atoms with Crippen molar-refractivity contribution in [3.63, 3.8) is 0 Å². The number of rotatable bonds is 7. The third kappa shape index (κ3) is 4.89. The van der Waals surface area contributed by atoms with Crippen LogP contribution >= 0.6 is 0 Å². The summed E-state index contributed by atoms with van der Waals surface area (Å²) in [5, 5.41) is 5.06. The van der Waals surface area contributed by atoms with Crippen LogP contribution < -0.4 is 10.6 Å². The normalized spacial score (nSPS) is 18.3. The maximum atomic E-state index is 12.3. The van der Waals surface area contributed by atoms with Gasteiger partial charge in [0.2, 0.25) is 0 Å². The van der Waals surface area contributed by atoms with Crippen LogP contribution in [0.5, 0.6) is 0 Å². The van der Waals surface area contributed by atoms with E-state index in [-0.39, 0.29) is 5.56 Å². The van der Waals surface area contributed by atoms with E-state index in [1.807, 2.05) is 0 Å². The first-order valence-corrected chi connectivity index (χ1v) is 8.90. The number of nitrogens with one attached hydrogen (secondary N) is 2. The van der Waals surface area contributed by atoms with Crippen LogP contribution in [0, 0.1) is 6.92 Å². The molecule has 1 aromatic rings. The summed E-state index contributed by atoms with van der Waals surface area (Å²) in [4.78, 5) is 60.5. The van der Waals surface area contributed by atoms with Crippen LogP contribution in [0.25, 0.3) is 0 Å². The number of ether oxygens (including phenoxy) is 2. The number of anilines is 1. The van der Waals surface area contributed by atoms with E-state index in [1.165, 1.54) is 13.2 Å². The average molecular weight is 405 g/mol. The first-order chi connectivity index (χ1) is 13.6. The fourth-order valence-electron chi connectivity index (χ4n) is 2.64. The molecule has 2 rings (SSSR count). The molecule has 1 heterocycles. The van der Waals surface area contributed by atoms with Crippen molar-refractivity contribution in [3.8, 4) is 0 Å². The number of methoxy groups -OCH3 is 1. The van der Waals surface area contributed by atoms with Crippen molar-refractivity contribution in [3.05, 3.63) is 29.3 Å². The maximum absolute atomic E-state index is 12.3. The number of esters is 2. The molecule has 10 nitrogen and oxygen atoms in total. The number of imide groups is 1. The highest BCUT2D eigenvalue weighted by Gasteiger charge is 2.47. The molecule has 0 aromatic heterocycles. The molecule has 4 amide bonds. The van der Waals surface area contributed by atoms with E-state index < -0.39 is 48.5 Å². The molecule has 1 aliphatic rings. The Kier molecular flexibility index (Phi) is 6.57. The van der Waals surface area contributed by atoms with Gasteiger partial charge in [-0.05, 0) is 38.0 Å². The molecule has 10 heteroatoms. The zero-order chi connectivity index (χ0) is 21.8. The number of benzene rings is 1. The van der Waals surface area contributed by atoms with E-state index in [2.05, 4.69) is 15.4 Å². The zero-order valence-corrected chi connectivity index (χ0v) is 16.7. The lowest BCUT2D eigenvalue weighted by atomic mass is 9.99. The van der Waals surface area contributed by atoms with Crippen LogP contribution in [-0.4, -0.2) is 60.5 Å². The molecule has 0 radical (unpaired) electrons. The Bertz CT molecular complexity index is 867. The Balaban J connectivity index is 1.91. The van der Waals surface area contributed by atoms with Crippen LogP contribution in [0.4, 0.5) is 10.5 Å². The molecule has 0 unspecified atom stereocenters. The summed E-state index contributed by atoms with van der Waals surface area (Å²) in [5.41, 5.74) is 0.247. The van der Waals surface area contributed by atoms with Gasteiger partial charge < -0.3 is 20.1 Å². The fourth-order valence-corrected chi connectivity index (χ4v) is 2.64. The Morgan fingerprint density at radius 2 is 1.93 bits per heavy atom. The van der Waals surface area contributed by atoms with Gasteiger partial charge in [-0.2, -0.15) is 0 Å². The van der Waals surface area contributed by atoms with E-state index in [0.717, 1.165) is 4.90 Å². The molecule has 0 bridgehead atoms. The summed E-state index contributed by atoms with van der Waals surface area (Å²) >= 11 is 0. The first-order valence-electron chi connectivity index (χ1n) is 8.90. The predicted molar refractivity (Wildman–Crippen MR) is 101 cm³/mol. The van der Waals surface area contributed by atoms with E-state index in [1.54, 1.807) is 32.9 Å². The lowest BCUT2D eigenvalue weighted by Gasteiger charge is -2.18. The number of carbonyl (C=O) groups is 5. The van der Waals surface area contributed by atoms with Crippen LogP contribution in [-0.2, 0) is 23.9 Å². The number of amides is 4. The molecule has 1 saturated heterocycles. The van der Waals surface area contributed by atoms with E-state index >= 15 is 0 Å². The molecule has 0 spiro atoms. The molecule has 0 aliphatic carbocycles. The van der Waals surface area contributed by atoms with Gasteiger partial charge in [0.25, 0.3) is 11.8 Å². The summed E-state index contributed by atoms with van der Waals surface area (Å²) < 4.78 is 9.49. The SMILES string of the molecule is CC[C@]1(C)NC(=O)N(CC(=O)OCC(=O)Nc2cc(C(=O)OC)ccc2C)C1=O. The number of hydrogen-bond acceptors (Lipinski definition) is 7. The third-order valence-corrected chi connectivity index (χ3v) is 4.64. The molecule has 1 fully saturated rings. The summed E-state index contributed by atoms with van der Waals surface area (Å²) in [5.74, 6) is -2.62. The summed E-state index contributed by atoms with van der Waals surface area (Å²) in [6.07, 6.45) is 0.371. The molecular formula is C19H23N3O7. The average Bonchev–Trinajstić information content (AvgIpc) is 2.91. The van der Waals surface area contributed by atoms with Crippen molar-refractivity contribution < 1.29 is 33.4 Å². The highest BCUT2D eigenvalue weighted by Crippen LogP contribution is 2.20. The van der Waals surface area contributed by atoms with Crippen molar-refractivity contribution in [2.45, 2.75) is 32.7 Å². The van der Waals surface area contributed by atoms with Gasteiger partial charge in [-0.25, -0.2) is 9.59 Å². The minimum Gasteiger partial charge on any atom is -0.465 e. The third-order valence-electron chi connectivity index (χ3n) is 4.64. The zero-order valence-electron chi connectivity index (χ0n) is 16.7. The minimum atomic E-state index is -1.06. The van der Waals surface area contributed by atoms with Gasteiger partial charge in [0.1, 0.15) is 12.1 Å². The van der Waals surface area contributed by atoms with Gasteiger partial charge in [-0.15, -0.1) is 0 Å². The Labute approximate surface area is 167 Å². The van der Waals surface area contributed by atoms with Crippen molar-refractivity contribution in [2.75, 3.05) is 25.6 Å². The molecular weight excluding hydrogens is 382 g/mol. The summed E-state index contributed by atoms with van der Waals surface area (Å²) in [6.45, 7) is 3.82. The second-order valence-corrected chi connectivity index (χ2v) is 6.74. The fraction of sp³-hybridized carbons (Fsp3) is 0.421. The number of carbonyl (C=O) groups excluding carboxylic acids is 5.